The Labute approximate surface area is 190 Å². The molecule has 1 amide bonds. The van der Waals surface area contributed by atoms with Crippen LogP contribution < -0.4 is 23.8 Å². The van der Waals surface area contributed by atoms with E-state index in [0.717, 1.165) is 21.9 Å². The molecule has 0 aliphatic carbocycles. The van der Waals surface area contributed by atoms with Gasteiger partial charge in [0.2, 0.25) is 15.9 Å². The molecule has 0 aliphatic heterocycles. The maximum Gasteiger partial charge on any atom is 0.243 e. The average Bonchev–Trinajstić information content (AvgIpc) is 2.75. The van der Waals surface area contributed by atoms with Gasteiger partial charge in [-0.15, -0.1) is 0 Å². The number of carbonyl (C=O) groups excluding carboxylic acids is 1. The van der Waals surface area contributed by atoms with E-state index in [0.29, 0.717) is 17.4 Å². The number of amides is 1. The molecule has 0 aromatic heterocycles. The number of hydrogen-bond acceptors (Lipinski definition) is 6. The quantitative estimate of drug-likeness (QED) is 0.514. The molecule has 0 saturated carbocycles. The molecule has 2 rings (SSSR count). The van der Waals surface area contributed by atoms with Gasteiger partial charge in [0.1, 0.15) is 29.9 Å². The van der Waals surface area contributed by atoms with Crippen molar-refractivity contribution in [1.29, 1.82) is 0 Å². The number of anilines is 1. The molecule has 0 heterocycles. The van der Waals surface area contributed by atoms with Crippen molar-refractivity contribution in [2.45, 2.75) is 32.7 Å². The van der Waals surface area contributed by atoms with E-state index in [-0.39, 0.29) is 18.8 Å². The molecular weight excluding hydrogens is 432 g/mol. The molecule has 0 radical (unpaired) electrons. The number of nitrogens with zero attached hydrogens (tertiary/aromatic N) is 1. The Hall–Kier alpha value is -2.94. The summed E-state index contributed by atoms with van der Waals surface area (Å²) in [6, 6.07) is 11.5. The molecule has 0 fully saturated rings. The van der Waals surface area contributed by atoms with Gasteiger partial charge in [0, 0.05) is 6.07 Å². The zero-order valence-electron chi connectivity index (χ0n) is 19.4. The third-order valence-electron chi connectivity index (χ3n) is 4.91. The molecule has 0 saturated heterocycles. The Morgan fingerprint density at radius 1 is 1.03 bits per heavy atom. The zero-order chi connectivity index (χ0) is 23.9. The lowest BCUT2D eigenvalue weighted by Crippen LogP contribution is -2.48. The smallest absolute Gasteiger partial charge is 0.243 e. The summed E-state index contributed by atoms with van der Waals surface area (Å²) in [7, 11) is -0.893. The molecule has 176 valence electrons. The molecule has 9 heteroatoms. The Balaban J connectivity index is 2.12. The highest BCUT2D eigenvalue weighted by atomic mass is 32.2. The highest BCUT2D eigenvalue weighted by Gasteiger charge is 2.31. The second-order valence-corrected chi connectivity index (χ2v) is 9.46. The number of ether oxygens (including phenoxy) is 3. The first-order valence-electron chi connectivity index (χ1n) is 10.3. The summed E-state index contributed by atoms with van der Waals surface area (Å²) in [5, 5.41) is 2.75. The molecule has 2 aromatic carbocycles. The number of benzene rings is 2. The lowest BCUT2D eigenvalue weighted by atomic mass is 10.0. The lowest BCUT2D eigenvalue weighted by molar-refractivity contribution is -0.121. The fourth-order valence-electron chi connectivity index (χ4n) is 3.32. The number of rotatable bonds is 11. The molecule has 2 aromatic rings. The molecular formula is C23H32N2O6S. The van der Waals surface area contributed by atoms with E-state index in [2.05, 4.69) is 19.2 Å². The van der Waals surface area contributed by atoms with Crippen LogP contribution in [0, 0.1) is 0 Å². The van der Waals surface area contributed by atoms with Crippen LogP contribution in [0.1, 0.15) is 32.3 Å². The van der Waals surface area contributed by atoms with Crippen LogP contribution in [-0.2, 0) is 14.8 Å². The Morgan fingerprint density at radius 3 is 2.31 bits per heavy atom. The first-order valence-corrected chi connectivity index (χ1v) is 12.2. The monoisotopic (exact) mass is 464 g/mol. The van der Waals surface area contributed by atoms with E-state index >= 15 is 0 Å². The van der Waals surface area contributed by atoms with Crippen LogP contribution in [-0.4, -0.2) is 54.0 Å². The van der Waals surface area contributed by atoms with Crippen LogP contribution in [0.2, 0.25) is 0 Å². The third-order valence-corrected chi connectivity index (χ3v) is 6.14. The largest absolute Gasteiger partial charge is 0.497 e. The zero-order valence-corrected chi connectivity index (χ0v) is 20.2. The molecule has 0 aliphatic rings. The van der Waals surface area contributed by atoms with E-state index in [1.165, 1.54) is 27.2 Å². The standard InChI is InChI=1S/C23H32N2O6S/c1-16(2)19-9-7-8-10-21(19)31-14-13-24-23(26)17(3)25(32(6,27)28)20-15-18(29-4)11-12-22(20)30-5/h7-12,15-17H,13-14H2,1-6H3,(H,24,26)/t17-/m1/s1. The first kappa shape index (κ1) is 25.3. The summed E-state index contributed by atoms with van der Waals surface area (Å²) in [4.78, 5) is 12.8. The first-order chi connectivity index (χ1) is 15.1. The van der Waals surface area contributed by atoms with E-state index < -0.39 is 22.0 Å². The predicted octanol–water partition coefficient (Wildman–Crippen LogP) is 3.18. The fourth-order valence-corrected chi connectivity index (χ4v) is 4.49. The number of methoxy groups -OCH3 is 2. The van der Waals surface area contributed by atoms with Gasteiger partial charge in [-0.05, 0) is 36.6 Å². The third kappa shape index (κ3) is 6.29. The summed E-state index contributed by atoms with van der Waals surface area (Å²) < 4.78 is 42.6. The van der Waals surface area contributed by atoms with Gasteiger partial charge in [0.05, 0.1) is 32.7 Å². The van der Waals surface area contributed by atoms with Crippen LogP contribution in [0.4, 0.5) is 5.69 Å². The number of para-hydroxylation sites is 1. The number of nitrogens with one attached hydrogen (secondary N) is 1. The summed E-state index contributed by atoms with van der Waals surface area (Å²) in [6.45, 7) is 6.16. The molecule has 0 bridgehead atoms. The van der Waals surface area contributed by atoms with Gasteiger partial charge in [-0.25, -0.2) is 8.42 Å². The fraction of sp³-hybridized carbons (Fsp3) is 0.435. The van der Waals surface area contributed by atoms with Gasteiger partial charge in [-0.1, -0.05) is 32.0 Å². The minimum absolute atomic E-state index is 0.221. The van der Waals surface area contributed by atoms with Crippen molar-refractivity contribution in [1.82, 2.24) is 5.32 Å². The van der Waals surface area contributed by atoms with Crippen LogP contribution in [0.25, 0.3) is 0 Å². The Kier molecular flexibility index (Phi) is 8.77. The van der Waals surface area contributed by atoms with Crippen molar-refractivity contribution < 1.29 is 27.4 Å². The lowest BCUT2D eigenvalue weighted by Gasteiger charge is -2.29. The van der Waals surface area contributed by atoms with Crippen LogP contribution in [0.5, 0.6) is 17.2 Å². The molecule has 32 heavy (non-hydrogen) atoms. The average molecular weight is 465 g/mol. The highest BCUT2D eigenvalue weighted by molar-refractivity contribution is 7.92. The molecule has 8 nitrogen and oxygen atoms in total. The van der Waals surface area contributed by atoms with Crippen molar-refractivity contribution in [3.05, 3.63) is 48.0 Å². The van der Waals surface area contributed by atoms with Crippen molar-refractivity contribution in [3.63, 3.8) is 0 Å². The molecule has 0 spiro atoms. The predicted molar refractivity (Wildman–Crippen MR) is 125 cm³/mol. The van der Waals surface area contributed by atoms with Crippen LogP contribution in [0.15, 0.2) is 42.5 Å². The van der Waals surface area contributed by atoms with E-state index in [1.54, 1.807) is 12.1 Å². The van der Waals surface area contributed by atoms with Crippen molar-refractivity contribution in [3.8, 4) is 17.2 Å². The SMILES string of the molecule is COc1ccc(OC)c(N([C@H](C)C(=O)NCCOc2ccccc2C(C)C)S(C)(=O)=O)c1. The van der Waals surface area contributed by atoms with Gasteiger partial charge < -0.3 is 19.5 Å². The normalized spacial score (nSPS) is 12.2. The van der Waals surface area contributed by atoms with Gasteiger partial charge in [0.15, 0.2) is 0 Å². The number of hydrogen-bond donors (Lipinski definition) is 1. The van der Waals surface area contributed by atoms with Crippen molar-refractivity contribution in [2.24, 2.45) is 0 Å². The highest BCUT2D eigenvalue weighted by Crippen LogP contribution is 2.35. The second kappa shape index (κ2) is 11.1. The topological polar surface area (TPSA) is 94.2 Å². The Bertz CT molecular complexity index is 1020. The summed E-state index contributed by atoms with van der Waals surface area (Å²) in [6.07, 6.45) is 1.04. The van der Waals surface area contributed by atoms with E-state index in [1.807, 2.05) is 24.3 Å². The summed E-state index contributed by atoms with van der Waals surface area (Å²) in [5.41, 5.74) is 1.31. The molecule has 1 N–H and O–H groups in total. The number of carbonyl (C=O) groups is 1. The van der Waals surface area contributed by atoms with Gasteiger partial charge >= 0.3 is 0 Å². The molecule has 1 atom stereocenters. The maximum absolute atomic E-state index is 12.8. The second-order valence-electron chi connectivity index (χ2n) is 7.60. The van der Waals surface area contributed by atoms with Crippen LogP contribution >= 0.6 is 0 Å². The van der Waals surface area contributed by atoms with Crippen LogP contribution in [0.3, 0.4) is 0 Å². The molecule has 0 unspecified atom stereocenters. The minimum atomic E-state index is -3.80. The van der Waals surface area contributed by atoms with Gasteiger partial charge in [-0.2, -0.15) is 0 Å². The minimum Gasteiger partial charge on any atom is -0.497 e. The summed E-state index contributed by atoms with van der Waals surface area (Å²) >= 11 is 0. The van der Waals surface area contributed by atoms with Gasteiger partial charge in [-0.3, -0.25) is 9.10 Å². The van der Waals surface area contributed by atoms with Crippen molar-refractivity contribution in [2.75, 3.05) is 37.9 Å². The number of sulfonamides is 1. The Morgan fingerprint density at radius 2 is 1.72 bits per heavy atom. The summed E-state index contributed by atoms with van der Waals surface area (Å²) in [5.74, 6) is 1.37. The van der Waals surface area contributed by atoms with Gasteiger partial charge in [0.25, 0.3) is 0 Å². The maximum atomic E-state index is 12.8. The van der Waals surface area contributed by atoms with Crippen molar-refractivity contribution >= 4 is 21.6 Å². The van der Waals surface area contributed by atoms with E-state index in [9.17, 15) is 13.2 Å². The van der Waals surface area contributed by atoms with E-state index in [4.69, 9.17) is 14.2 Å².